The van der Waals surface area contributed by atoms with Gasteiger partial charge in [0.2, 0.25) is 0 Å². The second-order valence-corrected chi connectivity index (χ2v) is 5.42. The molecule has 0 saturated heterocycles. The van der Waals surface area contributed by atoms with E-state index in [4.69, 9.17) is 21.1 Å². The first kappa shape index (κ1) is 18.8. The Kier molecular flexibility index (Phi) is 9.67. The standard InChI is InChI=1S/C17H25ClO4/c1-3-4-10-21-11-5-12-22-16-8-6-14(13-15(16)18)7-9-17(19)20-2/h6,8,13H,3-5,7,9-12H2,1-2H3. The van der Waals surface area contributed by atoms with Crippen molar-refractivity contribution in [3.05, 3.63) is 28.8 Å². The summed E-state index contributed by atoms with van der Waals surface area (Å²) in [5.74, 6) is 0.441. The molecule has 0 aliphatic heterocycles. The highest BCUT2D eigenvalue weighted by molar-refractivity contribution is 6.32. The molecule has 1 rings (SSSR count). The van der Waals surface area contributed by atoms with Crippen molar-refractivity contribution in [2.75, 3.05) is 26.9 Å². The molecule has 0 fully saturated rings. The molecule has 0 unspecified atom stereocenters. The zero-order chi connectivity index (χ0) is 16.2. The van der Waals surface area contributed by atoms with E-state index in [2.05, 4.69) is 11.7 Å². The highest BCUT2D eigenvalue weighted by atomic mass is 35.5. The van der Waals surface area contributed by atoms with E-state index in [-0.39, 0.29) is 5.97 Å². The molecule has 22 heavy (non-hydrogen) atoms. The SMILES string of the molecule is CCCCOCCCOc1ccc(CCC(=O)OC)cc1Cl. The van der Waals surface area contributed by atoms with Gasteiger partial charge in [0.15, 0.2) is 0 Å². The van der Waals surface area contributed by atoms with Gasteiger partial charge in [-0.25, -0.2) is 0 Å². The summed E-state index contributed by atoms with van der Waals surface area (Å²) in [6, 6.07) is 5.59. The van der Waals surface area contributed by atoms with Crippen molar-refractivity contribution < 1.29 is 19.0 Å². The number of hydrogen-bond donors (Lipinski definition) is 0. The van der Waals surface area contributed by atoms with Gasteiger partial charge in [-0.3, -0.25) is 4.79 Å². The number of carbonyl (C=O) groups excluding carboxylic acids is 1. The van der Waals surface area contributed by atoms with Crippen LogP contribution in [0.4, 0.5) is 0 Å². The lowest BCUT2D eigenvalue weighted by molar-refractivity contribution is -0.140. The minimum atomic E-state index is -0.223. The summed E-state index contributed by atoms with van der Waals surface area (Å²) in [7, 11) is 1.39. The van der Waals surface area contributed by atoms with Crippen LogP contribution in [0.25, 0.3) is 0 Å². The van der Waals surface area contributed by atoms with E-state index in [0.717, 1.165) is 31.4 Å². The van der Waals surface area contributed by atoms with Gasteiger partial charge in [-0.05, 0) is 30.5 Å². The van der Waals surface area contributed by atoms with Crippen molar-refractivity contribution in [1.82, 2.24) is 0 Å². The van der Waals surface area contributed by atoms with Crippen LogP contribution in [0.5, 0.6) is 5.75 Å². The molecule has 0 spiro atoms. The number of methoxy groups -OCH3 is 1. The predicted molar refractivity (Wildman–Crippen MR) is 87.6 cm³/mol. The number of unbranched alkanes of at least 4 members (excludes halogenated alkanes) is 1. The minimum Gasteiger partial charge on any atom is -0.492 e. The molecule has 124 valence electrons. The van der Waals surface area contributed by atoms with E-state index in [0.29, 0.717) is 36.8 Å². The second kappa shape index (κ2) is 11.3. The molecular formula is C17H25ClO4. The third-order valence-corrected chi connectivity index (χ3v) is 3.47. The molecule has 1 aromatic carbocycles. The predicted octanol–water partition coefficient (Wildman–Crippen LogP) is 4.03. The van der Waals surface area contributed by atoms with Crippen LogP contribution >= 0.6 is 11.6 Å². The van der Waals surface area contributed by atoms with Crippen molar-refractivity contribution >= 4 is 17.6 Å². The first-order chi connectivity index (χ1) is 10.7. The van der Waals surface area contributed by atoms with Gasteiger partial charge < -0.3 is 14.2 Å². The fourth-order valence-electron chi connectivity index (χ4n) is 1.86. The summed E-state index contributed by atoms with van der Waals surface area (Å²) in [6.45, 7) is 4.23. The van der Waals surface area contributed by atoms with Crippen LogP contribution in [-0.2, 0) is 20.7 Å². The van der Waals surface area contributed by atoms with E-state index in [1.54, 1.807) is 0 Å². The molecule has 4 nitrogen and oxygen atoms in total. The maximum absolute atomic E-state index is 11.1. The van der Waals surface area contributed by atoms with Crippen LogP contribution < -0.4 is 4.74 Å². The van der Waals surface area contributed by atoms with E-state index < -0.39 is 0 Å². The smallest absolute Gasteiger partial charge is 0.305 e. The molecule has 1 aromatic rings. The number of hydrogen-bond acceptors (Lipinski definition) is 4. The average Bonchev–Trinajstić information content (AvgIpc) is 2.53. The van der Waals surface area contributed by atoms with Crippen molar-refractivity contribution in [3.8, 4) is 5.75 Å². The Hall–Kier alpha value is -1.26. The summed E-state index contributed by atoms with van der Waals surface area (Å²) < 4.78 is 15.7. The summed E-state index contributed by atoms with van der Waals surface area (Å²) in [5.41, 5.74) is 0.991. The van der Waals surface area contributed by atoms with Gasteiger partial charge in [0.1, 0.15) is 5.75 Å². The van der Waals surface area contributed by atoms with E-state index >= 15 is 0 Å². The Labute approximate surface area is 137 Å². The second-order valence-electron chi connectivity index (χ2n) is 5.01. The van der Waals surface area contributed by atoms with Gasteiger partial charge in [-0.1, -0.05) is 31.0 Å². The van der Waals surface area contributed by atoms with Gasteiger partial charge in [-0.2, -0.15) is 0 Å². The average molecular weight is 329 g/mol. The van der Waals surface area contributed by atoms with Crippen molar-refractivity contribution in [2.24, 2.45) is 0 Å². The van der Waals surface area contributed by atoms with Gasteiger partial charge in [0.25, 0.3) is 0 Å². The zero-order valence-electron chi connectivity index (χ0n) is 13.4. The number of carbonyl (C=O) groups is 1. The Bertz CT molecular complexity index is 448. The van der Waals surface area contributed by atoms with Gasteiger partial charge in [0.05, 0.1) is 18.7 Å². The molecular weight excluding hydrogens is 304 g/mol. The first-order valence-electron chi connectivity index (χ1n) is 7.73. The highest BCUT2D eigenvalue weighted by Crippen LogP contribution is 2.26. The molecule has 0 aliphatic carbocycles. The molecule has 0 atom stereocenters. The molecule has 0 heterocycles. The lowest BCUT2D eigenvalue weighted by Gasteiger charge is -2.10. The molecule has 0 radical (unpaired) electrons. The monoisotopic (exact) mass is 328 g/mol. The Morgan fingerprint density at radius 2 is 1.95 bits per heavy atom. The third kappa shape index (κ3) is 7.66. The van der Waals surface area contributed by atoms with E-state index in [1.165, 1.54) is 7.11 Å². The molecule has 0 aliphatic rings. The molecule has 5 heteroatoms. The summed E-state index contributed by atoms with van der Waals surface area (Å²) in [4.78, 5) is 11.1. The normalized spacial score (nSPS) is 10.5. The topological polar surface area (TPSA) is 44.8 Å². The van der Waals surface area contributed by atoms with E-state index in [9.17, 15) is 4.79 Å². The van der Waals surface area contributed by atoms with Gasteiger partial charge in [0, 0.05) is 26.1 Å². The third-order valence-electron chi connectivity index (χ3n) is 3.17. The van der Waals surface area contributed by atoms with E-state index in [1.807, 2.05) is 18.2 Å². The highest BCUT2D eigenvalue weighted by Gasteiger charge is 2.06. The Morgan fingerprint density at radius 1 is 1.18 bits per heavy atom. The van der Waals surface area contributed by atoms with Gasteiger partial charge >= 0.3 is 5.97 Å². The Morgan fingerprint density at radius 3 is 2.64 bits per heavy atom. The fourth-order valence-corrected chi connectivity index (χ4v) is 2.11. The number of rotatable bonds is 11. The fraction of sp³-hybridized carbons (Fsp3) is 0.588. The molecule has 0 N–H and O–H groups in total. The molecule has 0 bridgehead atoms. The quantitative estimate of drug-likeness (QED) is 0.454. The number of halogens is 1. The van der Waals surface area contributed by atoms with Crippen molar-refractivity contribution in [2.45, 2.75) is 39.0 Å². The molecule has 0 amide bonds. The maximum atomic E-state index is 11.1. The Balaban J connectivity index is 2.28. The number of ether oxygens (including phenoxy) is 3. The maximum Gasteiger partial charge on any atom is 0.305 e. The minimum absolute atomic E-state index is 0.223. The molecule has 0 saturated carbocycles. The zero-order valence-corrected chi connectivity index (χ0v) is 14.2. The molecule has 0 aromatic heterocycles. The summed E-state index contributed by atoms with van der Waals surface area (Å²) >= 11 is 6.19. The van der Waals surface area contributed by atoms with Crippen LogP contribution in [0.2, 0.25) is 5.02 Å². The number of aryl methyl sites for hydroxylation is 1. The number of esters is 1. The summed E-state index contributed by atoms with van der Waals surface area (Å²) in [5, 5.41) is 0.564. The van der Waals surface area contributed by atoms with Gasteiger partial charge in [-0.15, -0.1) is 0 Å². The van der Waals surface area contributed by atoms with Crippen LogP contribution in [0.1, 0.15) is 38.2 Å². The number of benzene rings is 1. The lowest BCUT2D eigenvalue weighted by atomic mass is 10.1. The van der Waals surface area contributed by atoms with Crippen LogP contribution in [0, 0.1) is 0 Å². The van der Waals surface area contributed by atoms with Crippen LogP contribution in [0.15, 0.2) is 18.2 Å². The van der Waals surface area contributed by atoms with Crippen LogP contribution in [0.3, 0.4) is 0 Å². The first-order valence-corrected chi connectivity index (χ1v) is 8.11. The largest absolute Gasteiger partial charge is 0.492 e. The summed E-state index contributed by atoms with van der Waals surface area (Å²) in [6.07, 6.45) is 4.04. The van der Waals surface area contributed by atoms with Crippen molar-refractivity contribution in [3.63, 3.8) is 0 Å². The van der Waals surface area contributed by atoms with Crippen LogP contribution in [-0.4, -0.2) is 32.9 Å². The van der Waals surface area contributed by atoms with Crippen molar-refractivity contribution in [1.29, 1.82) is 0 Å². The lowest BCUT2D eigenvalue weighted by Crippen LogP contribution is -2.04.